The van der Waals surface area contributed by atoms with Gasteiger partial charge in [0.25, 0.3) is 0 Å². The summed E-state index contributed by atoms with van der Waals surface area (Å²) in [4.78, 5) is 2.37. The van der Waals surface area contributed by atoms with Crippen molar-refractivity contribution in [2.45, 2.75) is 25.0 Å². The number of hydrogen-bond acceptors (Lipinski definition) is 3. The highest BCUT2D eigenvalue weighted by Gasteiger charge is 2.25. The molecule has 2 rings (SSSR count). The summed E-state index contributed by atoms with van der Waals surface area (Å²) in [5.41, 5.74) is 6.93. The summed E-state index contributed by atoms with van der Waals surface area (Å²) in [6.45, 7) is 2.29. The van der Waals surface area contributed by atoms with Gasteiger partial charge in [0.05, 0.1) is 12.7 Å². The summed E-state index contributed by atoms with van der Waals surface area (Å²) < 4.78 is 5.86. The Morgan fingerprint density at radius 2 is 2.06 bits per heavy atom. The molecular weight excluding hydrogens is 212 g/mol. The third-order valence-corrected chi connectivity index (χ3v) is 3.32. The Kier molecular flexibility index (Phi) is 4.54. The Bertz CT molecular complexity index is 324. The van der Waals surface area contributed by atoms with E-state index in [0.29, 0.717) is 6.54 Å². The SMILES string of the molecule is CN(CCOC(CN)c1ccccc1)C1CC1. The Hall–Kier alpha value is -0.900. The summed E-state index contributed by atoms with van der Waals surface area (Å²) in [7, 11) is 2.17. The highest BCUT2D eigenvalue weighted by Crippen LogP contribution is 2.25. The maximum Gasteiger partial charge on any atom is 0.0947 e. The summed E-state index contributed by atoms with van der Waals surface area (Å²) in [5.74, 6) is 0. The molecule has 1 aliphatic carbocycles. The van der Waals surface area contributed by atoms with E-state index in [1.165, 1.54) is 18.4 Å². The van der Waals surface area contributed by atoms with E-state index >= 15 is 0 Å². The van der Waals surface area contributed by atoms with Crippen LogP contribution in [0, 0.1) is 0 Å². The van der Waals surface area contributed by atoms with Crippen molar-refractivity contribution in [3.8, 4) is 0 Å². The van der Waals surface area contributed by atoms with Crippen LogP contribution in [-0.4, -0.2) is 37.7 Å². The van der Waals surface area contributed by atoms with Crippen molar-refractivity contribution in [1.29, 1.82) is 0 Å². The average molecular weight is 234 g/mol. The molecule has 0 saturated heterocycles. The van der Waals surface area contributed by atoms with Gasteiger partial charge < -0.3 is 15.4 Å². The molecule has 2 N–H and O–H groups in total. The van der Waals surface area contributed by atoms with Crippen LogP contribution in [-0.2, 0) is 4.74 Å². The topological polar surface area (TPSA) is 38.5 Å². The molecular formula is C14H22N2O. The molecule has 0 aliphatic heterocycles. The number of hydrogen-bond donors (Lipinski definition) is 1. The first-order chi connectivity index (χ1) is 8.31. The van der Waals surface area contributed by atoms with Gasteiger partial charge in [-0.1, -0.05) is 30.3 Å². The quantitative estimate of drug-likeness (QED) is 0.782. The van der Waals surface area contributed by atoms with Crippen molar-refractivity contribution in [3.63, 3.8) is 0 Å². The minimum atomic E-state index is 0.0313. The molecule has 1 aromatic carbocycles. The Labute approximate surface area is 104 Å². The van der Waals surface area contributed by atoms with Crippen LogP contribution in [0.1, 0.15) is 24.5 Å². The van der Waals surface area contributed by atoms with Crippen LogP contribution >= 0.6 is 0 Å². The Morgan fingerprint density at radius 1 is 1.35 bits per heavy atom. The van der Waals surface area contributed by atoms with Crippen molar-refractivity contribution in [1.82, 2.24) is 4.90 Å². The van der Waals surface area contributed by atoms with Crippen molar-refractivity contribution in [2.24, 2.45) is 5.73 Å². The highest BCUT2D eigenvalue weighted by molar-refractivity contribution is 5.17. The molecule has 3 nitrogen and oxygen atoms in total. The predicted octanol–water partition coefficient (Wildman–Crippen LogP) is 1.80. The van der Waals surface area contributed by atoms with Gasteiger partial charge in [-0.25, -0.2) is 0 Å². The molecule has 0 bridgehead atoms. The fourth-order valence-corrected chi connectivity index (χ4v) is 2.00. The second-order valence-corrected chi connectivity index (χ2v) is 4.72. The number of nitrogens with zero attached hydrogens (tertiary/aromatic N) is 1. The minimum Gasteiger partial charge on any atom is -0.371 e. The number of ether oxygens (including phenoxy) is 1. The fraction of sp³-hybridized carbons (Fsp3) is 0.571. The summed E-state index contributed by atoms with van der Waals surface area (Å²) in [6.07, 6.45) is 2.72. The largest absolute Gasteiger partial charge is 0.371 e. The predicted molar refractivity (Wildman–Crippen MR) is 69.8 cm³/mol. The van der Waals surface area contributed by atoms with Crippen LogP contribution in [0.15, 0.2) is 30.3 Å². The van der Waals surface area contributed by atoms with Crippen LogP contribution < -0.4 is 5.73 Å². The van der Waals surface area contributed by atoms with E-state index in [4.69, 9.17) is 10.5 Å². The van der Waals surface area contributed by atoms with Gasteiger partial charge in [-0.3, -0.25) is 0 Å². The van der Waals surface area contributed by atoms with E-state index in [1.807, 2.05) is 18.2 Å². The maximum atomic E-state index is 5.86. The third-order valence-electron chi connectivity index (χ3n) is 3.32. The van der Waals surface area contributed by atoms with Crippen LogP contribution in [0.5, 0.6) is 0 Å². The summed E-state index contributed by atoms with van der Waals surface area (Å²) in [5, 5.41) is 0. The molecule has 0 aromatic heterocycles. The molecule has 1 saturated carbocycles. The van der Waals surface area contributed by atoms with Crippen molar-refractivity contribution in [2.75, 3.05) is 26.7 Å². The van der Waals surface area contributed by atoms with Gasteiger partial charge in [-0.05, 0) is 25.5 Å². The lowest BCUT2D eigenvalue weighted by Gasteiger charge is -2.20. The van der Waals surface area contributed by atoms with Crippen LogP contribution in [0.3, 0.4) is 0 Å². The van der Waals surface area contributed by atoms with Gasteiger partial charge >= 0.3 is 0 Å². The number of rotatable bonds is 7. The summed E-state index contributed by atoms with van der Waals surface area (Å²) >= 11 is 0. The van der Waals surface area contributed by atoms with Crippen molar-refractivity contribution < 1.29 is 4.74 Å². The van der Waals surface area contributed by atoms with Crippen molar-refractivity contribution >= 4 is 0 Å². The molecule has 1 aromatic rings. The van der Waals surface area contributed by atoms with Crippen LogP contribution in [0.4, 0.5) is 0 Å². The number of nitrogens with two attached hydrogens (primary N) is 1. The van der Waals surface area contributed by atoms with E-state index in [0.717, 1.165) is 19.2 Å². The lowest BCUT2D eigenvalue weighted by molar-refractivity contribution is 0.0447. The molecule has 1 aliphatic rings. The van der Waals surface area contributed by atoms with E-state index in [2.05, 4.69) is 24.1 Å². The fourth-order valence-electron chi connectivity index (χ4n) is 2.00. The van der Waals surface area contributed by atoms with Gasteiger partial charge in [0.1, 0.15) is 0 Å². The van der Waals surface area contributed by atoms with E-state index in [1.54, 1.807) is 0 Å². The first kappa shape index (κ1) is 12.6. The molecule has 17 heavy (non-hydrogen) atoms. The maximum absolute atomic E-state index is 5.86. The van der Waals surface area contributed by atoms with Gasteiger partial charge in [-0.2, -0.15) is 0 Å². The molecule has 0 amide bonds. The second kappa shape index (κ2) is 6.15. The zero-order valence-electron chi connectivity index (χ0n) is 10.5. The van der Waals surface area contributed by atoms with Crippen molar-refractivity contribution in [3.05, 3.63) is 35.9 Å². The second-order valence-electron chi connectivity index (χ2n) is 4.72. The molecule has 1 atom stereocenters. The molecule has 1 fully saturated rings. The van der Waals surface area contributed by atoms with E-state index < -0.39 is 0 Å². The Morgan fingerprint density at radius 3 is 2.65 bits per heavy atom. The van der Waals surface area contributed by atoms with Gasteiger partial charge in [0.2, 0.25) is 0 Å². The smallest absolute Gasteiger partial charge is 0.0947 e. The lowest BCUT2D eigenvalue weighted by Crippen LogP contribution is -2.27. The molecule has 94 valence electrons. The monoisotopic (exact) mass is 234 g/mol. The molecule has 1 unspecified atom stereocenters. The van der Waals surface area contributed by atoms with Crippen LogP contribution in [0.25, 0.3) is 0 Å². The van der Waals surface area contributed by atoms with E-state index in [9.17, 15) is 0 Å². The zero-order chi connectivity index (χ0) is 12.1. The number of benzene rings is 1. The first-order valence-electron chi connectivity index (χ1n) is 6.38. The Balaban J connectivity index is 1.75. The molecule has 0 heterocycles. The third kappa shape index (κ3) is 3.80. The highest BCUT2D eigenvalue weighted by atomic mass is 16.5. The zero-order valence-corrected chi connectivity index (χ0v) is 10.5. The van der Waals surface area contributed by atoms with Crippen LogP contribution in [0.2, 0.25) is 0 Å². The van der Waals surface area contributed by atoms with Gasteiger partial charge in [-0.15, -0.1) is 0 Å². The molecule has 3 heteroatoms. The van der Waals surface area contributed by atoms with Gasteiger partial charge in [0.15, 0.2) is 0 Å². The standard InChI is InChI=1S/C14H22N2O/c1-16(13-7-8-13)9-10-17-14(11-15)12-5-3-2-4-6-12/h2-6,13-14H,7-11,15H2,1H3. The molecule has 0 radical (unpaired) electrons. The summed E-state index contributed by atoms with van der Waals surface area (Å²) in [6, 6.07) is 11.0. The van der Waals surface area contributed by atoms with E-state index in [-0.39, 0.29) is 6.10 Å². The number of likely N-dealkylation sites (N-methyl/N-ethyl adjacent to an activating group) is 1. The first-order valence-corrected chi connectivity index (χ1v) is 6.38. The average Bonchev–Trinajstić information content (AvgIpc) is 3.20. The molecule has 0 spiro atoms. The van der Waals surface area contributed by atoms with Gasteiger partial charge in [0, 0.05) is 19.1 Å². The normalized spacial score (nSPS) is 17.4. The lowest BCUT2D eigenvalue weighted by atomic mass is 10.1. The minimum absolute atomic E-state index is 0.0313.